The molecular formula is C39H62O11. The van der Waals surface area contributed by atoms with Crippen LogP contribution in [-0.4, -0.2) is 110 Å². The number of aliphatic hydroxyl groups is 7. The van der Waals surface area contributed by atoms with E-state index in [1.807, 2.05) is 6.92 Å². The Labute approximate surface area is 296 Å². The van der Waals surface area contributed by atoms with Crippen LogP contribution in [0, 0.1) is 62.1 Å². The number of carboxylic acids is 1. The van der Waals surface area contributed by atoms with Gasteiger partial charge >= 0.3 is 5.97 Å². The summed E-state index contributed by atoms with van der Waals surface area (Å²) in [7, 11) is 0. The lowest BCUT2D eigenvalue weighted by Gasteiger charge is -2.73. The summed E-state index contributed by atoms with van der Waals surface area (Å²) in [6.07, 6.45) is 0.591. The Morgan fingerprint density at radius 1 is 0.920 bits per heavy atom. The minimum atomic E-state index is -1.57. The molecule has 1 aliphatic heterocycles. The van der Waals surface area contributed by atoms with Crippen LogP contribution < -0.4 is 0 Å². The summed E-state index contributed by atoms with van der Waals surface area (Å²) in [6, 6.07) is 0. The van der Waals surface area contributed by atoms with Gasteiger partial charge in [0.25, 0.3) is 0 Å². The van der Waals surface area contributed by atoms with E-state index in [2.05, 4.69) is 33.8 Å². The van der Waals surface area contributed by atoms with E-state index in [4.69, 9.17) is 9.47 Å². The highest BCUT2D eigenvalue weighted by atomic mass is 16.7. The van der Waals surface area contributed by atoms with Crippen molar-refractivity contribution >= 4 is 5.97 Å². The summed E-state index contributed by atoms with van der Waals surface area (Å²) in [5, 5.41) is 87.1. The van der Waals surface area contributed by atoms with Crippen LogP contribution in [0.5, 0.6) is 0 Å². The maximum absolute atomic E-state index is 13.5. The van der Waals surface area contributed by atoms with E-state index in [1.54, 1.807) is 0 Å². The Bertz CT molecular complexity index is 1370. The molecule has 284 valence electrons. The first-order valence-electron chi connectivity index (χ1n) is 19.2. The van der Waals surface area contributed by atoms with Crippen LogP contribution >= 0.6 is 0 Å². The first kappa shape index (κ1) is 37.2. The molecule has 18 atom stereocenters. The molecule has 7 rings (SSSR count). The number of fused-ring (bicyclic) bond motifs is 8. The maximum atomic E-state index is 13.5. The van der Waals surface area contributed by atoms with Crippen LogP contribution in [-0.2, 0) is 14.3 Å². The largest absolute Gasteiger partial charge is 0.481 e. The van der Waals surface area contributed by atoms with Gasteiger partial charge in [-0.25, -0.2) is 0 Å². The third-order valence-corrected chi connectivity index (χ3v) is 17.1. The number of hydrogen-bond donors (Lipinski definition) is 8. The van der Waals surface area contributed by atoms with Gasteiger partial charge in [-0.15, -0.1) is 0 Å². The van der Waals surface area contributed by atoms with Crippen molar-refractivity contribution in [3.8, 4) is 0 Å². The van der Waals surface area contributed by atoms with E-state index in [0.29, 0.717) is 32.1 Å². The maximum Gasteiger partial charge on any atom is 0.310 e. The summed E-state index contributed by atoms with van der Waals surface area (Å²) < 4.78 is 11.9. The fourth-order valence-corrected chi connectivity index (χ4v) is 14.5. The molecule has 2 bridgehead atoms. The van der Waals surface area contributed by atoms with Crippen LogP contribution in [0.3, 0.4) is 0 Å². The molecule has 8 N–H and O–H groups in total. The highest BCUT2D eigenvalue weighted by Gasteiger charge is 2.74. The van der Waals surface area contributed by atoms with E-state index in [9.17, 15) is 45.6 Å². The molecule has 0 spiro atoms. The molecule has 7 aliphatic rings. The predicted octanol–water partition coefficient (Wildman–Crippen LogP) is 2.61. The number of rotatable bonds is 6. The Hall–Kier alpha value is -1.15. The number of ether oxygens (including phenoxy) is 2. The summed E-state index contributed by atoms with van der Waals surface area (Å²) in [4.78, 5) is 13.5. The summed E-state index contributed by atoms with van der Waals surface area (Å²) in [5.41, 5.74) is -2.15. The smallest absolute Gasteiger partial charge is 0.310 e. The molecule has 0 unspecified atom stereocenters. The molecule has 0 aromatic heterocycles. The van der Waals surface area contributed by atoms with Crippen molar-refractivity contribution in [3.63, 3.8) is 0 Å². The first-order valence-corrected chi connectivity index (χ1v) is 19.2. The lowest BCUT2D eigenvalue weighted by molar-refractivity contribution is -0.336. The molecule has 50 heavy (non-hydrogen) atoms. The van der Waals surface area contributed by atoms with Crippen LogP contribution in [0.25, 0.3) is 0 Å². The van der Waals surface area contributed by atoms with Gasteiger partial charge in [0, 0.05) is 12.0 Å². The van der Waals surface area contributed by atoms with E-state index in [0.717, 1.165) is 32.1 Å². The fraction of sp³-hybridized carbons (Fsp3) is 0.923. The molecule has 0 amide bonds. The summed E-state index contributed by atoms with van der Waals surface area (Å²) in [6.45, 7) is 10.2. The number of carbonyl (C=O) groups is 1. The van der Waals surface area contributed by atoms with E-state index in [-0.39, 0.29) is 59.0 Å². The zero-order chi connectivity index (χ0) is 36.4. The summed E-state index contributed by atoms with van der Waals surface area (Å²) >= 11 is 0. The number of carboxylic acid groups (broad SMARTS) is 1. The van der Waals surface area contributed by atoms with Gasteiger partial charge in [0.15, 0.2) is 6.29 Å². The van der Waals surface area contributed by atoms with E-state index in [1.165, 1.54) is 5.57 Å². The van der Waals surface area contributed by atoms with Crippen molar-refractivity contribution in [3.05, 3.63) is 11.6 Å². The van der Waals surface area contributed by atoms with Crippen molar-refractivity contribution < 1.29 is 55.1 Å². The Morgan fingerprint density at radius 2 is 1.62 bits per heavy atom. The molecule has 11 heteroatoms. The Morgan fingerprint density at radius 3 is 2.28 bits per heavy atom. The highest BCUT2D eigenvalue weighted by Crippen LogP contribution is 2.79. The topological polar surface area (TPSA) is 197 Å². The SMILES string of the molecule is C[C@]1(CO)C[C@@H]2CCC[C@H]3C[C@]2(C(=O)O)[C@@H](C1)C1=CC[C@@H]2[C@@]4(C)C[C@@H](O)[C@@H](O[C@@H]5OC[C@@H](O)[C@H](O)[C@H]5O)[C@@](C)([C@H](O)CO)[C@H]4CC[C@@]2(C)[C@@]13C. The van der Waals surface area contributed by atoms with Crippen molar-refractivity contribution in [1.29, 1.82) is 0 Å². The van der Waals surface area contributed by atoms with Gasteiger partial charge < -0.3 is 50.3 Å². The van der Waals surface area contributed by atoms with Gasteiger partial charge in [-0.3, -0.25) is 4.79 Å². The number of aliphatic carboxylic acids is 1. The average molecular weight is 707 g/mol. The quantitative estimate of drug-likeness (QED) is 0.149. The van der Waals surface area contributed by atoms with Crippen LogP contribution in [0.4, 0.5) is 0 Å². The first-order chi connectivity index (χ1) is 23.4. The van der Waals surface area contributed by atoms with E-state index >= 15 is 0 Å². The van der Waals surface area contributed by atoms with Gasteiger partial charge in [0.05, 0.1) is 36.9 Å². The molecule has 1 heterocycles. The van der Waals surface area contributed by atoms with Gasteiger partial charge in [0.2, 0.25) is 0 Å². The van der Waals surface area contributed by atoms with Gasteiger partial charge in [-0.05, 0) is 109 Å². The Balaban J connectivity index is 1.30. The zero-order valence-corrected chi connectivity index (χ0v) is 30.5. The van der Waals surface area contributed by atoms with Crippen LogP contribution in [0.2, 0.25) is 0 Å². The molecule has 11 nitrogen and oxygen atoms in total. The van der Waals surface area contributed by atoms with Gasteiger partial charge in [0.1, 0.15) is 18.3 Å². The Kier molecular flexibility index (Phi) is 9.06. The molecule has 6 fully saturated rings. The minimum Gasteiger partial charge on any atom is -0.481 e. The minimum absolute atomic E-state index is 0.0206. The lowest BCUT2D eigenvalue weighted by atomic mass is 9.31. The monoisotopic (exact) mass is 706 g/mol. The lowest BCUT2D eigenvalue weighted by Crippen LogP contribution is -2.71. The second-order valence-electron chi connectivity index (χ2n) is 19.1. The molecule has 6 aliphatic carbocycles. The molecule has 0 radical (unpaired) electrons. The van der Waals surface area contributed by atoms with Gasteiger partial charge in [-0.2, -0.15) is 0 Å². The third-order valence-electron chi connectivity index (χ3n) is 17.1. The molecule has 0 aromatic carbocycles. The van der Waals surface area contributed by atoms with Crippen molar-refractivity contribution in [1.82, 2.24) is 0 Å². The third kappa shape index (κ3) is 4.69. The second-order valence-corrected chi connectivity index (χ2v) is 19.1. The predicted molar refractivity (Wildman–Crippen MR) is 181 cm³/mol. The standard InChI is InChI=1S/C39H62O11/c1-34(19-41)13-21-8-6-7-20-14-39(21,33(47)48)23(15-34)22-9-10-26-35(2)16-24(42)31(50-32-30(46)29(45)25(43)18-49-32)37(4,28(44)17-40)27(35)11-12-36(26,3)38(20,22)5/h9,20-21,23-32,40-46H,6-8,10-19H2,1-5H3,(H,47,48)/t20-,21-,23-,24+,25+,26+,27-,28+,29-,30+,31+,32-,34-,35+,36+,37+,38+,39+/m0/s1. The average Bonchev–Trinajstić information content (AvgIpc) is 3.25. The van der Waals surface area contributed by atoms with Crippen LogP contribution in [0.1, 0.15) is 98.8 Å². The number of aliphatic hydroxyl groups excluding tert-OH is 7. The van der Waals surface area contributed by atoms with Crippen molar-refractivity contribution in [2.75, 3.05) is 19.8 Å². The van der Waals surface area contributed by atoms with Crippen molar-refractivity contribution in [2.45, 2.75) is 142 Å². The fourth-order valence-electron chi connectivity index (χ4n) is 14.5. The highest BCUT2D eigenvalue weighted by molar-refractivity contribution is 5.77. The van der Waals surface area contributed by atoms with Crippen molar-refractivity contribution in [2.24, 2.45) is 62.1 Å². The summed E-state index contributed by atoms with van der Waals surface area (Å²) in [5.74, 6) is -0.789. The van der Waals surface area contributed by atoms with Gasteiger partial charge in [-0.1, -0.05) is 52.7 Å². The normalized spacial score (nSPS) is 56.6. The molecule has 0 aromatic rings. The van der Waals surface area contributed by atoms with E-state index < -0.39 is 71.7 Å². The number of allylic oxidation sites excluding steroid dienone is 2. The second kappa shape index (κ2) is 12.2. The zero-order valence-electron chi connectivity index (χ0n) is 30.5. The molecular weight excluding hydrogens is 644 g/mol. The molecule has 1 saturated heterocycles. The molecule has 5 saturated carbocycles. The number of hydrogen-bond acceptors (Lipinski definition) is 10. The van der Waals surface area contributed by atoms with Crippen LogP contribution in [0.15, 0.2) is 11.6 Å².